The molecular formula is C21H25BrClNO3. The van der Waals surface area contributed by atoms with Crippen molar-refractivity contribution in [3.63, 3.8) is 0 Å². The predicted octanol–water partition coefficient (Wildman–Crippen LogP) is 5.80. The SMILES string of the molecule is COc1cc(C)c(C(C)NC(=O)COc2ccc(Cl)cc2Br)cc1C(C)C. The summed E-state index contributed by atoms with van der Waals surface area (Å²) in [5.41, 5.74) is 3.27. The molecule has 0 saturated heterocycles. The van der Waals surface area contributed by atoms with Gasteiger partial charge < -0.3 is 14.8 Å². The van der Waals surface area contributed by atoms with Crippen molar-refractivity contribution in [1.82, 2.24) is 5.32 Å². The normalized spacial score (nSPS) is 12.0. The Labute approximate surface area is 174 Å². The Morgan fingerprint density at radius 3 is 2.44 bits per heavy atom. The van der Waals surface area contributed by atoms with E-state index in [1.54, 1.807) is 25.3 Å². The second kappa shape index (κ2) is 9.47. The van der Waals surface area contributed by atoms with E-state index in [4.69, 9.17) is 21.1 Å². The fraction of sp³-hybridized carbons (Fsp3) is 0.381. The molecule has 1 amide bonds. The number of rotatable bonds is 7. The summed E-state index contributed by atoms with van der Waals surface area (Å²) in [4.78, 5) is 12.3. The second-order valence-electron chi connectivity index (χ2n) is 6.76. The van der Waals surface area contributed by atoms with E-state index in [1.807, 2.05) is 19.9 Å². The Kier molecular flexibility index (Phi) is 7.57. The largest absolute Gasteiger partial charge is 0.496 e. The maximum Gasteiger partial charge on any atom is 0.258 e. The van der Waals surface area contributed by atoms with E-state index >= 15 is 0 Å². The number of aryl methyl sites for hydroxylation is 1. The second-order valence-corrected chi connectivity index (χ2v) is 8.05. The van der Waals surface area contributed by atoms with Gasteiger partial charge in [-0.05, 0) is 82.7 Å². The Hall–Kier alpha value is -1.72. The van der Waals surface area contributed by atoms with Crippen molar-refractivity contribution in [2.45, 2.75) is 39.7 Å². The quantitative estimate of drug-likeness (QED) is 0.575. The van der Waals surface area contributed by atoms with E-state index in [2.05, 4.69) is 41.2 Å². The highest BCUT2D eigenvalue weighted by Gasteiger charge is 2.17. The van der Waals surface area contributed by atoms with Crippen molar-refractivity contribution in [3.8, 4) is 11.5 Å². The van der Waals surface area contributed by atoms with Crippen molar-refractivity contribution < 1.29 is 14.3 Å². The zero-order valence-corrected chi connectivity index (χ0v) is 18.6. The Balaban J connectivity index is 2.06. The number of hydrogen-bond acceptors (Lipinski definition) is 3. The van der Waals surface area contributed by atoms with Crippen LogP contribution in [0, 0.1) is 6.92 Å². The third-order valence-electron chi connectivity index (χ3n) is 4.34. The Morgan fingerprint density at radius 2 is 1.85 bits per heavy atom. The van der Waals surface area contributed by atoms with Crippen LogP contribution in [0.3, 0.4) is 0 Å². The molecule has 2 aromatic rings. The molecule has 6 heteroatoms. The fourth-order valence-corrected chi connectivity index (χ4v) is 3.70. The smallest absolute Gasteiger partial charge is 0.258 e. The molecule has 0 fully saturated rings. The van der Waals surface area contributed by atoms with Gasteiger partial charge in [0.25, 0.3) is 5.91 Å². The van der Waals surface area contributed by atoms with Crippen molar-refractivity contribution >= 4 is 33.4 Å². The van der Waals surface area contributed by atoms with Gasteiger partial charge in [0.1, 0.15) is 11.5 Å². The van der Waals surface area contributed by atoms with Gasteiger partial charge in [0.2, 0.25) is 0 Å². The molecule has 0 aliphatic rings. The molecule has 146 valence electrons. The van der Waals surface area contributed by atoms with Crippen molar-refractivity contribution in [1.29, 1.82) is 0 Å². The van der Waals surface area contributed by atoms with Gasteiger partial charge in [-0.1, -0.05) is 25.4 Å². The van der Waals surface area contributed by atoms with Crippen LogP contribution in [0.4, 0.5) is 0 Å². The topological polar surface area (TPSA) is 47.6 Å². The molecule has 1 atom stereocenters. The third kappa shape index (κ3) is 5.63. The first-order valence-electron chi connectivity index (χ1n) is 8.78. The lowest BCUT2D eigenvalue weighted by Crippen LogP contribution is -2.31. The number of ether oxygens (including phenoxy) is 2. The molecule has 0 saturated carbocycles. The first-order chi connectivity index (χ1) is 12.7. The van der Waals surface area contributed by atoms with Gasteiger partial charge in [-0.2, -0.15) is 0 Å². The Bertz CT molecular complexity index is 823. The van der Waals surface area contributed by atoms with Gasteiger partial charge in [0.15, 0.2) is 6.61 Å². The van der Waals surface area contributed by atoms with Crippen LogP contribution in [-0.2, 0) is 4.79 Å². The van der Waals surface area contributed by atoms with E-state index in [9.17, 15) is 4.79 Å². The summed E-state index contributed by atoms with van der Waals surface area (Å²) in [7, 11) is 1.68. The van der Waals surface area contributed by atoms with Crippen molar-refractivity contribution in [3.05, 3.63) is 56.5 Å². The monoisotopic (exact) mass is 453 g/mol. The van der Waals surface area contributed by atoms with E-state index in [0.717, 1.165) is 22.4 Å². The lowest BCUT2D eigenvalue weighted by Gasteiger charge is -2.21. The van der Waals surface area contributed by atoms with Crippen LogP contribution >= 0.6 is 27.5 Å². The summed E-state index contributed by atoms with van der Waals surface area (Å²) >= 11 is 9.29. The molecule has 1 unspecified atom stereocenters. The molecular weight excluding hydrogens is 430 g/mol. The summed E-state index contributed by atoms with van der Waals surface area (Å²) in [5.74, 6) is 1.59. The number of benzene rings is 2. The van der Waals surface area contributed by atoms with E-state index in [1.165, 1.54) is 0 Å². The molecule has 0 aromatic heterocycles. The van der Waals surface area contributed by atoms with E-state index in [-0.39, 0.29) is 18.6 Å². The van der Waals surface area contributed by atoms with Gasteiger partial charge in [-0.15, -0.1) is 0 Å². The molecule has 27 heavy (non-hydrogen) atoms. The van der Waals surface area contributed by atoms with Crippen molar-refractivity contribution in [2.75, 3.05) is 13.7 Å². The highest BCUT2D eigenvalue weighted by molar-refractivity contribution is 9.10. The maximum atomic E-state index is 12.3. The molecule has 0 aliphatic heterocycles. The molecule has 0 heterocycles. The van der Waals surface area contributed by atoms with Gasteiger partial charge in [-0.25, -0.2) is 0 Å². The summed E-state index contributed by atoms with van der Waals surface area (Å²) in [5, 5.41) is 3.60. The van der Waals surface area contributed by atoms with Gasteiger partial charge in [0.05, 0.1) is 17.6 Å². The first kappa shape index (κ1) is 21.6. The summed E-state index contributed by atoms with van der Waals surface area (Å²) < 4.78 is 11.8. The lowest BCUT2D eigenvalue weighted by atomic mass is 9.93. The molecule has 0 aliphatic carbocycles. The highest BCUT2D eigenvalue weighted by atomic mass is 79.9. The number of methoxy groups -OCH3 is 1. The van der Waals surface area contributed by atoms with Gasteiger partial charge >= 0.3 is 0 Å². The maximum absolute atomic E-state index is 12.3. The molecule has 4 nitrogen and oxygen atoms in total. The standard InChI is InChI=1S/C21H25BrClNO3/c1-12(2)16-10-17(13(3)8-20(16)26-5)14(4)24-21(25)11-27-19-7-6-15(23)9-18(19)22/h6-10,12,14H,11H2,1-5H3,(H,24,25). The molecule has 0 bridgehead atoms. The number of nitrogens with one attached hydrogen (secondary N) is 1. The summed E-state index contributed by atoms with van der Waals surface area (Å²) in [6.45, 7) is 8.16. The van der Waals surface area contributed by atoms with Crippen LogP contribution < -0.4 is 14.8 Å². The minimum absolute atomic E-state index is 0.0726. The number of hydrogen-bond donors (Lipinski definition) is 1. The van der Waals surface area contributed by atoms with Gasteiger partial charge in [0, 0.05) is 5.02 Å². The van der Waals surface area contributed by atoms with Gasteiger partial charge in [-0.3, -0.25) is 4.79 Å². The van der Waals surface area contributed by atoms with E-state index < -0.39 is 0 Å². The fourth-order valence-electron chi connectivity index (χ4n) is 2.91. The van der Waals surface area contributed by atoms with Crippen LogP contribution in [0.5, 0.6) is 11.5 Å². The summed E-state index contributed by atoms with van der Waals surface area (Å²) in [6.07, 6.45) is 0. The average Bonchev–Trinajstić information content (AvgIpc) is 2.60. The number of carbonyl (C=O) groups is 1. The Morgan fingerprint density at radius 1 is 1.15 bits per heavy atom. The molecule has 0 spiro atoms. The third-order valence-corrected chi connectivity index (χ3v) is 5.19. The predicted molar refractivity (Wildman–Crippen MR) is 113 cm³/mol. The van der Waals surface area contributed by atoms with Crippen LogP contribution in [0.25, 0.3) is 0 Å². The zero-order chi connectivity index (χ0) is 20.1. The first-order valence-corrected chi connectivity index (χ1v) is 9.95. The number of carbonyl (C=O) groups excluding carboxylic acids is 1. The highest BCUT2D eigenvalue weighted by Crippen LogP contribution is 2.32. The number of amides is 1. The van der Waals surface area contributed by atoms with Crippen LogP contribution in [0.1, 0.15) is 49.4 Å². The number of halogens is 2. The zero-order valence-electron chi connectivity index (χ0n) is 16.2. The minimum Gasteiger partial charge on any atom is -0.496 e. The minimum atomic E-state index is -0.189. The molecule has 2 rings (SSSR count). The van der Waals surface area contributed by atoms with Crippen LogP contribution in [-0.4, -0.2) is 19.6 Å². The summed E-state index contributed by atoms with van der Waals surface area (Å²) in [6, 6.07) is 9.17. The van der Waals surface area contributed by atoms with Crippen LogP contribution in [0.15, 0.2) is 34.8 Å². The molecule has 1 N–H and O–H groups in total. The van der Waals surface area contributed by atoms with Crippen LogP contribution in [0.2, 0.25) is 5.02 Å². The lowest BCUT2D eigenvalue weighted by molar-refractivity contribution is -0.123. The molecule has 2 aromatic carbocycles. The molecule has 0 radical (unpaired) electrons. The van der Waals surface area contributed by atoms with E-state index in [0.29, 0.717) is 21.2 Å². The van der Waals surface area contributed by atoms with Crippen molar-refractivity contribution in [2.24, 2.45) is 0 Å². The average molecular weight is 455 g/mol.